The first-order valence-corrected chi connectivity index (χ1v) is 5.83. The van der Waals surface area contributed by atoms with E-state index in [4.69, 9.17) is 0 Å². The summed E-state index contributed by atoms with van der Waals surface area (Å²) in [7, 11) is 0. The third kappa shape index (κ3) is 2.09. The van der Waals surface area contributed by atoms with Crippen molar-refractivity contribution in [2.75, 3.05) is 0 Å². The molecule has 0 unspecified atom stereocenters. The molecule has 1 N–H and O–H groups in total. The van der Waals surface area contributed by atoms with Crippen LogP contribution in [0.15, 0.2) is 15.2 Å². The smallest absolute Gasteiger partial charge is 0.0701 e. The molecule has 1 fully saturated rings. The van der Waals surface area contributed by atoms with Crippen LogP contribution in [0.3, 0.4) is 0 Å². The van der Waals surface area contributed by atoms with Gasteiger partial charge >= 0.3 is 0 Å². The molecular weight excluding hydrogens is 234 g/mol. The van der Waals surface area contributed by atoms with Crippen molar-refractivity contribution < 1.29 is 0 Å². The maximum absolute atomic E-state index is 3.55. The van der Waals surface area contributed by atoms with E-state index in [0.29, 0.717) is 5.54 Å². The zero-order chi connectivity index (χ0) is 8.60. The molecule has 12 heavy (non-hydrogen) atoms. The first-order valence-electron chi connectivity index (χ1n) is 4.16. The van der Waals surface area contributed by atoms with Crippen molar-refractivity contribution in [3.05, 3.63) is 20.8 Å². The van der Waals surface area contributed by atoms with Gasteiger partial charge in [-0.1, -0.05) is 0 Å². The molecule has 1 saturated carbocycles. The van der Waals surface area contributed by atoms with Crippen molar-refractivity contribution in [2.45, 2.75) is 31.8 Å². The Kier molecular flexibility index (Phi) is 2.27. The van der Waals surface area contributed by atoms with Crippen LogP contribution in [0.25, 0.3) is 0 Å². The Hall–Kier alpha value is 0.140. The zero-order valence-electron chi connectivity index (χ0n) is 7.06. The average molecular weight is 246 g/mol. The van der Waals surface area contributed by atoms with Gasteiger partial charge in [0.25, 0.3) is 0 Å². The van der Waals surface area contributed by atoms with E-state index in [2.05, 4.69) is 39.6 Å². The Morgan fingerprint density at radius 1 is 1.67 bits per heavy atom. The Morgan fingerprint density at radius 3 is 2.92 bits per heavy atom. The van der Waals surface area contributed by atoms with Crippen LogP contribution in [0.2, 0.25) is 0 Å². The summed E-state index contributed by atoms with van der Waals surface area (Å²) in [5, 5.41) is 5.75. The van der Waals surface area contributed by atoms with Crippen molar-refractivity contribution in [1.82, 2.24) is 5.32 Å². The number of hydrogen-bond acceptors (Lipinski definition) is 2. The second-order valence-electron chi connectivity index (χ2n) is 3.67. The Morgan fingerprint density at radius 2 is 2.42 bits per heavy atom. The minimum Gasteiger partial charge on any atom is -0.307 e. The van der Waals surface area contributed by atoms with E-state index in [9.17, 15) is 0 Å². The molecule has 0 saturated heterocycles. The lowest BCUT2D eigenvalue weighted by Gasteiger charge is -2.09. The van der Waals surface area contributed by atoms with Crippen LogP contribution < -0.4 is 5.32 Å². The lowest BCUT2D eigenvalue weighted by molar-refractivity contribution is 0.538. The number of halogens is 1. The van der Waals surface area contributed by atoms with E-state index in [1.807, 2.05) is 0 Å². The molecule has 2 rings (SSSR count). The van der Waals surface area contributed by atoms with Gasteiger partial charge in [-0.2, -0.15) is 0 Å². The molecule has 0 bridgehead atoms. The van der Waals surface area contributed by atoms with Gasteiger partial charge in [-0.3, -0.25) is 0 Å². The lowest BCUT2D eigenvalue weighted by atomic mass is 10.3. The summed E-state index contributed by atoms with van der Waals surface area (Å²) in [4.78, 5) is 0. The van der Waals surface area contributed by atoms with E-state index < -0.39 is 0 Å². The van der Waals surface area contributed by atoms with Gasteiger partial charge < -0.3 is 5.32 Å². The summed E-state index contributed by atoms with van der Waals surface area (Å²) in [6.45, 7) is 3.30. The van der Waals surface area contributed by atoms with Gasteiger partial charge in [0.15, 0.2) is 0 Å². The predicted octanol–water partition coefficient (Wildman–Crippen LogP) is 3.15. The highest BCUT2D eigenvalue weighted by atomic mass is 79.9. The van der Waals surface area contributed by atoms with E-state index in [0.717, 1.165) is 6.54 Å². The summed E-state index contributed by atoms with van der Waals surface area (Å²) in [6.07, 6.45) is 2.66. The van der Waals surface area contributed by atoms with Crippen LogP contribution in [0.5, 0.6) is 0 Å². The third-order valence-corrected chi connectivity index (χ3v) is 3.89. The van der Waals surface area contributed by atoms with Crippen LogP contribution in [-0.4, -0.2) is 5.54 Å². The van der Waals surface area contributed by atoms with Crippen LogP contribution in [0, 0.1) is 0 Å². The molecule has 0 amide bonds. The topological polar surface area (TPSA) is 12.0 Å². The van der Waals surface area contributed by atoms with Gasteiger partial charge in [0.2, 0.25) is 0 Å². The number of nitrogens with one attached hydrogen (secondary N) is 1. The van der Waals surface area contributed by atoms with Gasteiger partial charge in [-0.05, 0) is 52.7 Å². The standard InChI is InChI=1S/C9H12BrNS/c1-9(2-3-9)11-5-7-4-8(10)12-6-7/h4,6,11H,2-3,5H2,1H3. The molecule has 1 aromatic rings. The second-order valence-corrected chi connectivity index (χ2v) is 5.96. The summed E-state index contributed by atoms with van der Waals surface area (Å²) in [5.74, 6) is 0. The fourth-order valence-corrected chi connectivity index (χ4v) is 2.33. The molecule has 66 valence electrons. The highest BCUT2D eigenvalue weighted by Crippen LogP contribution is 2.34. The van der Waals surface area contributed by atoms with E-state index in [1.54, 1.807) is 11.3 Å². The Bertz CT molecular complexity index is 278. The van der Waals surface area contributed by atoms with Crippen LogP contribution in [-0.2, 0) is 6.54 Å². The molecule has 1 aromatic heterocycles. The highest BCUT2D eigenvalue weighted by molar-refractivity contribution is 9.11. The molecular formula is C9H12BrNS. The van der Waals surface area contributed by atoms with Crippen molar-refractivity contribution in [1.29, 1.82) is 0 Å². The van der Waals surface area contributed by atoms with E-state index >= 15 is 0 Å². The van der Waals surface area contributed by atoms with Gasteiger partial charge in [-0.15, -0.1) is 11.3 Å². The van der Waals surface area contributed by atoms with E-state index in [1.165, 1.54) is 22.2 Å². The molecule has 0 atom stereocenters. The summed E-state index contributed by atoms with van der Waals surface area (Å²) in [5.41, 5.74) is 1.84. The molecule has 1 aliphatic carbocycles. The third-order valence-electron chi connectivity index (χ3n) is 2.34. The van der Waals surface area contributed by atoms with Crippen molar-refractivity contribution >= 4 is 27.3 Å². The van der Waals surface area contributed by atoms with E-state index in [-0.39, 0.29) is 0 Å². The van der Waals surface area contributed by atoms with Gasteiger partial charge in [-0.25, -0.2) is 0 Å². The Balaban J connectivity index is 1.87. The average Bonchev–Trinajstić information content (AvgIpc) is 2.60. The normalized spacial score (nSPS) is 19.5. The predicted molar refractivity (Wildman–Crippen MR) is 56.5 cm³/mol. The largest absolute Gasteiger partial charge is 0.307 e. The quantitative estimate of drug-likeness (QED) is 0.863. The molecule has 1 aliphatic rings. The second kappa shape index (κ2) is 3.13. The van der Waals surface area contributed by atoms with Crippen molar-refractivity contribution in [3.8, 4) is 0 Å². The number of rotatable bonds is 3. The Labute approximate surface area is 85.3 Å². The molecule has 0 aromatic carbocycles. The summed E-state index contributed by atoms with van der Waals surface area (Å²) >= 11 is 5.21. The number of thiophene rings is 1. The minimum atomic E-state index is 0.453. The maximum Gasteiger partial charge on any atom is 0.0701 e. The van der Waals surface area contributed by atoms with Gasteiger partial charge in [0.05, 0.1) is 3.79 Å². The highest BCUT2D eigenvalue weighted by Gasteiger charge is 2.36. The molecule has 0 radical (unpaired) electrons. The summed E-state index contributed by atoms with van der Waals surface area (Å²) in [6, 6.07) is 2.18. The van der Waals surface area contributed by atoms with Gasteiger partial charge in [0, 0.05) is 12.1 Å². The van der Waals surface area contributed by atoms with Gasteiger partial charge in [0.1, 0.15) is 0 Å². The first kappa shape index (κ1) is 8.73. The molecule has 0 spiro atoms. The molecule has 0 aliphatic heterocycles. The van der Waals surface area contributed by atoms with Crippen LogP contribution >= 0.6 is 27.3 Å². The zero-order valence-corrected chi connectivity index (χ0v) is 9.46. The monoisotopic (exact) mass is 245 g/mol. The lowest BCUT2D eigenvalue weighted by Crippen LogP contribution is -2.26. The fraction of sp³-hybridized carbons (Fsp3) is 0.556. The maximum atomic E-state index is 3.55. The van der Waals surface area contributed by atoms with Crippen molar-refractivity contribution in [2.24, 2.45) is 0 Å². The van der Waals surface area contributed by atoms with Crippen molar-refractivity contribution in [3.63, 3.8) is 0 Å². The molecule has 3 heteroatoms. The minimum absolute atomic E-state index is 0.453. The molecule has 1 heterocycles. The summed E-state index contributed by atoms with van der Waals surface area (Å²) < 4.78 is 1.22. The molecule has 1 nitrogen and oxygen atoms in total. The fourth-order valence-electron chi connectivity index (χ4n) is 1.12. The van der Waals surface area contributed by atoms with Crippen LogP contribution in [0.4, 0.5) is 0 Å². The number of hydrogen-bond donors (Lipinski definition) is 1. The SMILES string of the molecule is CC1(NCc2csc(Br)c2)CC1. The first-order chi connectivity index (χ1) is 5.68. The van der Waals surface area contributed by atoms with Crippen LogP contribution in [0.1, 0.15) is 25.3 Å².